The van der Waals surface area contributed by atoms with Crippen LogP contribution >= 0.6 is 0 Å². The fourth-order valence-corrected chi connectivity index (χ4v) is 3.42. The summed E-state index contributed by atoms with van der Waals surface area (Å²) in [5.74, 6) is -2.82. The summed E-state index contributed by atoms with van der Waals surface area (Å²) in [5, 5.41) is 20.5. The maximum absolute atomic E-state index is 15.1. The molecule has 1 aliphatic rings. The van der Waals surface area contributed by atoms with Gasteiger partial charge in [0.05, 0.1) is 23.1 Å². The van der Waals surface area contributed by atoms with Crippen molar-refractivity contribution in [3.63, 3.8) is 0 Å². The molecule has 0 bridgehead atoms. The standard InChI is InChI=1S/C20H22F3N9/c1-31-11-13(9-28-31)29-20-27-8-12(7-24)19(30-20)26-10-14-17(22)15(21)6-16(18(14)23)32-4-2-25-3-5-32/h6-9,11,24-25H,2-5,10H2,1H3,(H2,26,27,29,30). The molecule has 0 aliphatic carbocycles. The van der Waals surface area contributed by atoms with Gasteiger partial charge >= 0.3 is 0 Å². The number of piperazine rings is 1. The third kappa shape index (κ3) is 4.49. The minimum Gasteiger partial charge on any atom is -0.367 e. The largest absolute Gasteiger partial charge is 0.367 e. The van der Waals surface area contributed by atoms with E-state index < -0.39 is 23.0 Å². The van der Waals surface area contributed by atoms with E-state index in [1.54, 1.807) is 29.0 Å². The zero-order chi connectivity index (χ0) is 22.7. The Kier molecular flexibility index (Phi) is 6.21. The third-order valence-electron chi connectivity index (χ3n) is 5.05. The molecule has 1 fully saturated rings. The lowest BCUT2D eigenvalue weighted by atomic mass is 10.1. The van der Waals surface area contributed by atoms with E-state index in [9.17, 15) is 8.78 Å². The molecule has 0 amide bonds. The summed E-state index contributed by atoms with van der Waals surface area (Å²) in [4.78, 5) is 10.1. The average Bonchev–Trinajstić information content (AvgIpc) is 3.21. The molecule has 168 valence electrons. The molecule has 1 aromatic carbocycles. The smallest absolute Gasteiger partial charge is 0.229 e. The lowest BCUT2D eigenvalue weighted by molar-refractivity contribution is 0.478. The van der Waals surface area contributed by atoms with Gasteiger partial charge in [-0.1, -0.05) is 0 Å². The van der Waals surface area contributed by atoms with Gasteiger partial charge in [0.15, 0.2) is 17.5 Å². The summed E-state index contributed by atoms with van der Waals surface area (Å²) in [6.45, 7) is 1.87. The zero-order valence-corrected chi connectivity index (χ0v) is 17.3. The van der Waals surface area contributed by atoms with Crippen LogP contribution < -0.4 is 20.9 Å². The van der Waals surface area contributed by atoms with Crippen LogP contribution in [0.25, 0.3) is 0 Å². The molecular formula is C20H22F3N9. The summed E-state index contributed by atoms with van der Waals surface area (Å²) in [5.41, 5.74) is 0.538. The quantitative estimate of drug-likeness (QED) is 0.327. The highest BCUT2D eigenvalue weighted by molar-refractivity contribution is 5.84. The molecule has 3 heterocycles. The van der Waals surface area contributed by atoms with Crippen molar-refractivity contribution < 1.29 is 13.2 Å². The van der Waals surface area contributed by atoms with Crippen molar-refractivity contribution in [2.45, 2.75) is 6.54 Å². The van der Waals surface area contributed by atoms with Crippen molar-refractivity contribution in [3.05, 3.63) is 53.2 Å². The predicted octanol–water partition coefficient (Wildman–Crippen LogP) is 2.39. The molecule has 0 spiro atoms. The Bertz CT molecular complexity index is 1130. The maximum Gasteiger partial charge on any atom is 0.229 e. The van der Waals surface area contributed by atoms with E-state index in [0.717, 1.165) is 12.3 Å². The van der Waals surface area contributed by atoms with E-state index in [-0.39, 0.29) is 24.0 Å². The Morgan fingerprint density at radius 2 is 1.97 bits per heavy atom. The second kappa shape index (κ2) is 9.22. The van der Waals surface area contributed by atoms with Gasteiger partial charge in [0.2, 0.25) is 5.95 Å². The second-order valence-corrected chi connectivity index (χ2v) is 7.24. The van der Waals surface area contributed by atoms with Crippen molar-refractivity contribution in [3.8, 4) is 0 Å². The summed E-state index contributed by atoms with van der Waals surface area (Å²) < 4.78 is 45.5. The second-order valence-electron chi connectivity index (χ2n) is 7.24. The first-order chi connectivity index (χ1) is 15.5. The van der Waals surface area contributed by atoms with E-state index in [4.69, 9.17) is 5.41 Å². The monoisotopic (exact) mass is 445 g/mol. The first-order valence-corrected chi connectivity index (χ1v) is 9.95. The lowest BCUT2D eigenvalue weighted by Crippen LogP contribution is -2.44. The fraction of sp³-hybridized carbons (Fsp3) is 0.300. The van der Waals surface area contributed by atoms with Crippen molar-refractivity contribution >= 4 is 29.4 Å². The number of nitrogens with one attached hydrogen (secondary N) is 4. The van der Waals surface area contributed by atoms with Gasteiger partial charge in [0, 0.05) is 70.0 Å². The third-order valence-corrected chi connectivity index (χ3v) is 5.05. The molecule has 0 saturated carbocycles. The van der Waals surface area contributed by atoms with Crippen molar-refractivity contribution in [1.29, 1.82) is 5.41 Å². The minimum atomic E-state index is -1.26. The van der Waals surface area contributed by atoms with Gasteiger partial charge < -0.3 is 26.3 Å². The summed E-state index contributed by atoms with van der Waals surface area (Å²) in [6, 6.07) is 0.892. The number of aromatic nitrogens is 4. The molecule has 4 N–H and O–H groups in total. The van der Waals surface area contributed by atoms with Gasteiger partial charge in [-0.25, -0.2) is 18.2 Å². The molecule has 9 nitrogen and oxygen atoms in total. The molecule has 1 aliphatic heterocycles. The molecule has 0 atom stereocenters. The average molecular weight is 445 g/mol. The van der Waals surface area contributed by atoms with E-state index in [1.165, 1.54) is 6.20 Å². The lowest BCUT2D eigenvalue weighted by Gasteiger charge is -2.30. The Hall–Kier alpha value is -3.67. The summed E-state index contributed by atoms with van der Waals surface area (Å²) in [6.07, 6.45) is 5.71. The Morgan fingerprint density at radius 1 is 1.19 bits per heavy atom. The van der Waals surface area contributed by atoms with Gasteiger partial charge in [-0.2, -0.15) is 10.1 Å². The number of anilines is 4. The molecule has 0 unspecified atom stereocenters. The number of benzene rings is 1. The SMILES string of the molecule is Cn1cc(Nc2ncc(C=N)c(NCc3c(F)c(F)cc(N4CCNCC4)c3F)n2)cn1. The van der Waals surface area contributed by atoms with Crippen LogP contribution in [0.4, 0.5) is 36.3 Å². The predicted molar refractivity (Wildman–Crippen MR) is 115 cm³/mol. The fourth-order valence-electron chi connectivity index (χ4n) is 3.42. The van der Waals surface area contributed by atoms with Crippen LogP contribution in [0.2, 0.25) is 0 Å². The normalized spacial score (nSPS) is 13.8. The topological polar surface area (TPSA) is 107 Å². The Balaban J connectivity index is 1.59. The zero-order valence-electron chi connectivity index (χ0n) is 17.3. The van der Waals surface area contributed by atoms with Crippen LogP contribution in [-0.4, -0.2) is 52.1 Å². The summed E-state index contributed by atoms with van der Waals surface area (Å²) in [7, 11) is 1.76. The summed E-state index contributed by atoms with van der Waals surface area (Å²) >= 11 is 0. The van der Waals surface area contributed by atoms with Crippen molar-refractivity contribution in [2.24, 2.45) is 7.05 Å². The van der Waals surface area contributed by atoms with Crippen LogP contribution in [0, 0.1) is 22.9 Å². The van der Waals surface area contributed by atoms with Crippen molar-refractivity contribution in [2.75, 3.05) is 41.7 Å². The van der Waals surface area contributed by atoms with Crippen molar-refractivity contribution in [1.82, 2.24) is 25.1 Å². The first-order valence-electron chi connectivity index (χ1n) is 9.95. The van der Waals surface area contributed by atoms with Crippen LogP contribution in [0.15, 0.2) is 24.7 Å². The number of rotatable bonds is 7. The number of hydrogen-bond donors (Lipinski definition) is 4. The van der Waals surface area contributed by atoms with Gasteiger partial charge in [0.1, 0.15) is 5.82 Å². The van der Waals surface area contributed by atoms with Gasteiger partial charge in [-0.3, -0.25) is 4.68 Å². The van der Waals surface area contributed by atoms with E-state index >= 15 is 4.39 Å². The highest BCUT2D eigenvalue weighted by atomic mass is 19.2. The van der Waals surface area contributed by atoms with Gasteiger partial charge in [-0.05, 0) is 0 Å². The molecule has 32 heavy (non-hydrogen) atoms. The van der Waals surface area contributed by atoms with Gasteiger partial charge in [0.25, 0.3) is 0 Å². The van der Waals surface area contributed by atoms with E-state index in [0.29, 0.717) is 37.4 Å². The number of hydrogen-bond acceptors (Lipinski definition) is 8. The number of halogens is 3. The molecule has 12 heteroatoms. The minimum absolute atomic E-state index is 0.0242. The molecular weight excluding hydrogens is 423 g/mol. The Morgan fingerprint density at radius 3 is 2.66 bits per heavy atom. The van der Waals surface area contributed by atoms with Gasteiger partial charge in [-0.15, -0.1) is 0 Å². The highest BCUT2D eigenvalue weighted by Gasteiger charge is 2.23. The highest BCUT2D eigenvalue weighted by Crippen LogP contribution is 2.28. The maximum atomic E-state index is 15.1. The molecule has 1 saturated heterocycles. The van der Waals surface area contributed by atoms with Crippen LogP contribution in [0.3, 0.4) is 0 Å². The molecule has 0 radical (unpaired) electrons. The van der Waals surface area contributed by atoms with E-state index in [2.05, 4.69) is 31.0 Å². The molecule has 3 aromatic rings. The number of nitrogens with zero attached hydrogens (tertiary/aromatic N) is 5. The number of aryl methyl sites for hydroxylation is 1. The molecule has 4 rings (SSSR count). The van der Waals surface area contributed by atoms with Crippen LogP contribution in [0.5, 0.6) is 0 Å². The van der Waals surface area contributed by atoms with Crippen LogP contribution in [0.1, 0.15) is 11.1 Å². The Labute approximate surface area is 182 Å². The van der Waals surface area contributed by atoms with Crippen LogP contribution in [-0.2, 0) is 13.6 Å². The first kappa shape index (κ1) is 21.6. The van der Waals surface area contributed by atoms with E-state index in [1.807, 2.05) is 0 Å². The molecule has 2 aromatic heterocycles.